The van der Waals surface area contributed by atoms with Crippen LogP contribution in [0.4, 0.5) is 11.4 Å². The van der Waals surface area contributed by atoms with Crippen molar-refractivity contribution in [1.82, 2.24) is 4.90 Å². The largest absolute Gasteiger partial charge is 0.337 e. The highest BCUT2D eigenvalue weighted by atomic mass is 15.2. The molecule has 5 rings (SSSR count). The Labute approximate surface area is 189 Å². The summed E-state index contributed by atoms with van der Waals surface area (Å²) in [5.41, 5.74) is 7.65. The van der Waals surface area contributed by atoms with Crippen molar-refractivity contribution in [2.24, 2.45) is 5.92 Å². The Balaban J connectivity index is 1.52. The highest BCUT2D eigenvalue weighted by Gasteiger charge is 2.43. The van der Waals surface area contributed by atoms with E-state index >= 15 is 0 Å². The number of anilines is 2. The SMILES string of the molecule is CC(C)(C)c1ccc(N2c3ccc(C(C)(C)C)cc3[C@@H]3CN(CC4CC4)CC[C@H]32)cc1. The summed E-state index contributed by atoms with van der Waals surface area (Å²) in [7, 11) is 0. The van der Waals surface area contributed by atoms with E-state index in [1.807, 2.05) is 0 Å². The average Bonchev–Trinajstić information content (AvgIpc) is 3.46. The van der Waals surface area contributed by atoms with Crippen LogP contribution in [0.1, 0.15) is 83.4 Å². The summed E-state index contributed by atoms with van der Waals surface area (Å²) in [6.45, 7) is 17.7. The molecule has 1 saturated carbocycles. The summed E-state index contributed by atoms with van der Waals surface area (Å²) in [5, 5.41) is 0. The lowest BCUT2D eigenvalue weighted by Gasteiger charge is -2.39. The Morgan fingerprint density at radius 3 is 2.06 bits per heavy atom. The van der Waals surface area contributed by atoms with E-state index in [0.29, 0.717) is 12.0 Å². The molecule has 2 aromatic carbocycles. The minimum Gasteiger partial charge on any atom is -0.337 e. The fourth-order valence-electron chi connectivity index (χ4n) is 5.62. The van der Waals surface area contributed by atoms with E-state index in [1.165, 1.54) is 61.4 Å². The van der Waals surface area contributed by atoms with Crippen LogP contribution in [-0.4, -0.2) is 30.6 Å². The molecular weight excluding hydrogens is 376 g/mol. The molecule has 1 saturated heterocycles. The zero-order valence-corrected chi connectivity index (χ0v) is 20.4. The molecule has 2 atom stereocenters. The second kappa shape index (κ2) is 7.37. The van der Waals surface area contributed by atoms with Crippen molar-refractivity contribution in [3.63, 3.8) is 0 Å². The van der Waals surface area contributed by atoms with Crippen molar-refractivity contribution in [2.75, 3.05) is 24.5 Å². The van der Waals surface area contributed by atoms with Crippen LogP contribution in [-0.2, 0) is 10.8 Å². The highest BCUT2D eigenvalue weighted by molar-refractivity contribution is 5.74. The van der Waals surface area contributed by atoms with Gasteiger partial charge in [-0.1, -0.05) is 65.8 Å². The molecular formula is C29H40N2. The van der Waals surface area contributed by atoms with E-state index < -0.39 is 0 Å². The standard InChI is InChI=1S/C29H40N2/c1-28(2,3)21-9-12-23(13-10-21)31-26-14-11-22(29(4,5)6)17-24(26)25-19-30(16-15-27(25)31)18-20-7-8-20/h9-14,17,20,25,27H,7-8,15-16,18-19H2,1-6H3/t25-,27+/m0/s1. The number of hydrogen-bond donors (Lipinski definition) is 0. The van der Waals surface area contributed by atoms with Crippen LogP contribution in [0.15, 0.2) is 42.5 Å². The van der Waals surface area contributed by atoms with Gasteiger partial charge in [-0.15, -0.1) is 0 Å². The van der Waals surface area contributed by atoms with Crippen LogP contribution < -0.4 is 4.90 Å². The van der Waals surface area contributed by atoms with Gasteiger partial charge in [0.1, 0.15) is 0 Å². The molecule has 0 N–H and O–H groups in total. The smallest absolute Gasteiger partial charge is 0.0450 e. The lowest BCUT2D eigenvalue weighted by molar-refractivity contribution is 0.190. The zero-order valence-electron chi connectivity index (χ0n) is 20.4. The topological polar surface area (TPSA) is 6.48 Å². The number of nitrogens with zero attached hydrogens (tertiary/aromatic N) is 2. The van der Waals surface area contributed by atoms with Crippen molar-refractivity contribution in [1.29, 1.82) is 0 Å². The van der Waals surface area contributed by atoms with Crippen molar-refractivity contribution in [2.45, 2.75) is 83.6 Å². The van der Waals surface area contributed by atoms with Crippen molar-refractivity contribution < 1.29 is 0 Å². The second-order valence-electron chi connectivity index (χ2n) is 12.4. The van der Waals surface area contributed by atoms with Crippen molar-refractivity contribution >= 4 is 11.4 Å². The molecule has 0 amide bonds. The predicted octanol–water partition coefficient (Wildman–Crippen LogP) is 7.00. The van der Waals surface area contributed by atoms with E-state index in [1.54, 1.807) is 5.56 Å². The van der Waals surface area contributed by atoms with Gasteiger partial charge in [0.25, 0.3) is 0 Å². The molecule has 2 nitrogen and oxygen atoms in total. The fraction of sp³-hybridized carbons (Fsp3) is 0.586. The molecule has 0 radical (unpaired) electrons. The summed E-state index contributed by atoms with van der Waals surface area (Å²) in [6.07, 6.45) is 4.15. The third kappa shape index (κ3) is 4.04. The van der Waals surface area contributed by atoms with E-state index in [0.717, 1.165) is 5.92 Å². The van der Waals surface area contributed by atoms with Gasteiger partial charge in [0.05, 0.1) is 0 Å². The first kappa shape index (κ1) is 21.1. The van der Waals surface area contributed by atoms with E-state index in [2.05, 4.69) is 93.8 Å². The molecule has 0 spiro atoms. The second-order valence-corrected chi connectivity index (χ2v) is 12.4. The lowest BCUT2D eigenvalue weighted by Crippen LogP contribution is -2.45. The molecule has 166 valence electrons. The summed E-state index contributed by atoms with van der Waals surface area (Å²) in [6, 6.07) is 17.3. The molecule has 31 heavy (non-hydrogen) atoms. The molecule has 2 aromatic rings. The van der Waals surface area contributed by atoms with Gasteiger partial charge in [-0.3, -0.25) is 0 Å². The van der Waals surface area contributed by atoms with Gasteiger partial charge in [0, 0.05) is 43.0 Å². The average molecular weight is 417 g/mol. The maximum atomic E-state index is 2.76. The van der Waals surface area contributed by atoms with E-state index in [-0.39, 0.29) is 10.8 Å². The first-order chi connectivity index (χ1) is 14.6. The van der Waals surface area contributed by atoms with Crippen LogP contribution in [0.3, 0.4) is 0 Å². The highest BCUT2D eigenvalue weighted by Crippen LogP contribution is 2.50. The van der Waals surface area contributed by atoms with Gasteiger partial charge < -0.3 is 9.80 Å². The molecule has 1 aliphatic carbocycles. The number of piperidine rings is 1. The van der Waals surface area contributed by atoms with Crippen molar-refractivity contribution in [3.05, 3.63) is 59.2 Å². The monoisotopic (exact) mass is 416 g/mol. The third-order valence-corrected chi connectivity index (χ3v) is 7.77. The van der Waals surface area contributed by atoms with Gasteiger partial charge in [-0.25, -0.2) is 0 Å². The first-order valence-electron chi connectivity index (χ1n) is 12.4. The molecule has 2 heterocycles. The number of benzene rings is 2. The number of likely N-dealkylation sites (tertiary alicyclic amines) is 1. The molecule has 2 fully saturated rings. The number of fused-ring (bicyclic) bond motifs is 3. The van der Waals surface area contributed by atoms with E-state index in [9.17, 15) is 0 Å². The maximum absolute atomic E-state index is 2.76. The lowest BCUT2D eigenvalue weighted by atomic mass is 9.83. The molecule has 0 unspecified atom stereocenters. The normalized spacial score (nSPS) is 24.3. The van der Waals surface area contributed by atoms with Crippen molar-refractivity contribution in [3.8, 4) is 0 Å². The Hall–Kier alpha value is -1.80. The molecule has 0 aromatic heterocycles. The minimum absolute atomic E-state index is 0.189. The number of rotatable bonds is 3. The van der Waals surface area contributed by atoms with Crippen LogP contribution in [0.25, 0.3) is 0 Å². The maximum Gasteiger partial charge on any atom is 0.0450 e. The van der Waals surface area contributed by atoms with Crippen LogP contribution in [0.2, 0.25) is 0 Å². The van der Waals surface area contributed by atoms with Gasteiger partial charge in [0.15, 0.2) is 0 Å². The fourth-order valence-corrected chi connectivity index (χ4v) is 5.62. The molecule has 0 bridgehead atoms. The first-order valence-corrected chi connectivity index (χ1v) is 12.4. The summed E-state index contributed by atoms with van der Waals surface area (Å²) in [4.78, 5) is 5.44. The molecule has 2 heteroatoms. The third-order valence-electron chi connectivity index (χ3n) is 7.77. The van der Waals surface area contributed by atoms with Gasteiger partial charge in [-0.05, 0) is 70.9 Å². The quantitative estimate of drug-likeness (QED) is 0.531. The summed E-state index contributed by atoms with van der Waals surface area (Å²) >= 11 is 0. The number of hydrogen-bond acceptors (Lipinski definition) is 2. The minimum atomic E-state index is 0.189. The molecule has 3 aliphatic rings. The Bertz CT molecular complexity index is 940. The predicted molar refractivity (Wildman–Crippen MR) is 133 cm³/mol. The summed E-state index contributed by atoms with van der Waals surface area (Å²) < 4.78 is 0. The van der Waals surface area contributed by atoms with Gasteiger partial charge in [-0.2, -0.15) is 0 Å². The van der Waals surface area contributed by atoms with Crippen LogP contribution in [0, 0.1) is 5.92 Å². The Morgan fingerprint density at radius 2 is 1.45 bits per heavy atom. The Kier molecular flexibility index (Phi) is 5.01. The van der Waals surface area contributed by atoms with E-state index in [4.69, 9.17) is 0 Å². The zero-order chi connectivity index (χ0) is 22.0. The molecule has 2 aliphatic heterocycles. The van der Waals surface area contributed by atoms with Crippen LogP contribution >= 0.6 is 0 Å². The van der Waals surface area contributed by atoms with Crippen LogP contribution in [0.5, 0.6) is 0 Å². The van der Waals surface area contributed by atoms with Gasteiger partial charge >= 0.3 is 0 Å². The van der Waals surface area contributed by atoms with Gasteiger partial charge in [0.2, 0.25) is 0 Å². The summed E-state index contributed by atoms with van der Waals surface area (Å²) in [5.74, 6) is 1.59. The Morgan fingerprint density at radius 1 is 0.806 bits per heavy atom.